The van der Waals surface area contributed by atoms with Crippen LogP contribution < -0.4 is 20.2 Å². The topological polar surface area (TPSA) is 54.9 Å². The Bertz CT molecular complexity index is 797. The van der Waals surface area contributed by atoms with Crippen LogP contribution in [0.25, 0.3) is 0 Å². The summed E-state index contributed by atoms with van der Waals surface area (Å²) in [4.78, 5) is 0. The molecule has 0 bridgehead atoms. The molecule has 0 unspecified atom stereocenters. The van der Waals surface area contributed by atoms with Crippen LogP contribution in [0.5, 0.6) is 11.5 Å². The number of hydrogen-bond acceptors (Lipinski definition) is 4. The zero-order chi connectivity index (χ0) is 19.6. The number of nitrogens with zero attached hydrogens (tertiary/aromatic N) is 1. The van der Waals surface area contributed by atoms with Crippen LogP contribution in [0.3, 0.4) is 0 Å². The van der Waals surface area contributed by atoms with Crippen molar-refractivity contribution < 1.29 is 13.9 Å². The van der Waals surface area contributed by atoms with Crippen molar-refractivity contribution in [2.75, 3.05) is 13.2 Å². The predicted octanol–water partition coefficient (Wildman–Crippen LogP) is 4.27. The zero-order valence-corrected chi connectivity index (χ0v) is 16.7. The first-order valence-corrected chi connectivity index (χ1v) is 9.23. The Labute approximate surface area is 168 Å². The van der Waals surface area contributed by atoms with Crippen molar-refractivity contribution in [3.63, 3.8) is 0 Å². The number of rotatable bonds is 8. The first-order valence-electron chi connectivity index (χ1n) is 8.44. The van der Waals surface area contributed by atoms with Gasteiger partial charge in [0.25, 0.3) is 0 Å². The van der Waals surface area contributed by atoms with Crippen LogP contribution >= 0.6 is 23.8 Å². The molecule has 0 aliphatic carbocycles. The summed E-state index contributed by atoms with van der Waals surface area (Å²) in [5.41, 5.74) is 3.81. The highest BCUT2D eigenvalue weighted by Crippen LogP contribution is 2.30. The summed E-state index contributed by atoms with van der Waals surface area (Å²) in [5, 5.41) is 7.76. The molecule has 0 saturated heterocycles. The molecule has 2 rings (SSSR count). The summed E-state index contributed by atoms with van der Waals surface area (Å²) in [6.07, 6.45) is 1.61. The van der Waals surface area contributed by atoms with E-state index in [9.17, 15) is 4.39 Å². The average Bonchev–Trinajstić information content (AvgIpc) is 2.63. The molecule has 0 aromatic heterocycles. The molecule has 0 amide bonds. The van der Waals surface area contributed by atoms with Gasteiger partial charge >= 0.3 is 0 Å². The predicted molar refractivity (Wildman–Crippen MR) is 110 cm³/mol. The maximum absolute atomic E-state index is 13.9. The van der Waals surface area contributed by atoms with Crippen molar-refractivity contribution in [2.24, 2.45) is 5.10 Å². The first-order chi connectivity index (χ1) is 13.0. The third kappa shape index (κ3) is 6.37. The van der Waals surface area contributed by atoms with E-state index in [1.165, 1.54) is 6.07 Å². The molecule has 0 aliphatic rings. The number of halogens is 2. The van der Waals surface area contributed by atoms with Gasteiger partial charge in [0.2, 0.25) is 0 Å². The molecule has 2 N–H and O–H groups in total. The van der Waals surface area contributed by atoms with E-state index in [1.54, 1.807) is 30.5 Å². The number of hydrazone groups is 1. The van der Waals surface area contributed by atoms with Gasteiger partial charge in [-0.1, -0.05) is 17.7 Å². The molecule has 0 radical (unpaired) electrons. The fourth-order valence-corrected chi connectivity index (χ4v) is 2.59. The van der Waals surface area contributed by atoms with Crippen molar-refractivity contribution in [1.29, 1.82) is 0 Å². The van der Waals surface area contributed by atoms with E-state index in [0.29, 0.717) is 40.3 Å². The quantitative estimate of drug-likeness (QED) is 0.387. The van der Waals surface area contributed by atoms with E-state index >= 15 is 0 Å². The lowest BCUT2D eigenvalue weighted by atomic mass is 10.2. The van der Waals surface area contributed by atoms with E-state index in [4.69, 9.17) is 33.3 Å². The summed E-state index contributed by atoms with van der Waals surface area (Å²) in [6.45, 7) is 4.99. The van der Waals surface area contributed by atoms with Gasteiger partial charge in [0.05, 0.1) is 17.8 Å². The minimum absolute atomic E-state index is 0.00245. The smallest absolute Gasteiger partial charge is 0.186 e. The van der Waals surface area contributed by atoms with Crippen molar-refractivity contribution in [3.8, 4) is 11.5 Å². The van der Waals surface area contributed by atoms with Crippen molar-refractivity contribution in [2.45, 2.75) is 20.5 Å². The van der Waals surface area contributed by atoms with Crippen LogP contribution in [-0.4, -0.2) is 24.5 Å². The van der Waals surface area contributed by atoms with Crippen LogP contribution in [0.15, 0.2) is 41.5 Å². The molecule has 2 aromatic rings. The number of thiocarbonyl (C=S) groups is 1. The second-order valence-corrected chi connectivity index (χ2v) is 6.17. The van der Waals surface area contributed by atoms with Crippen LogP contribution in [0, 0.1) is 5.82 Å². The molecule has 2 aromatic carbocycles. The lowest BCUT2D eigenvalue weighted by Crippen LogP contribution is -2.31. The van der Waals surface area contributed by atoms with Gasteiger partial charge in [-0.2, -0.15) is 5.10 Å². The Kier molecular flexibility index (Phi) is 8.29. The van der Waals surface area contributed by atoms with Crippen molar-refractivity contribution in [1.82, 2.24) is 10.7 Å². The maximum Gasteiger partial charge on any atom is 0.186 e. The molecule has 0 spiro atoms. The minimum Gasteiger partial charge on any atom is -0.490 e. The molecular weight excluding hydrogens is 389 g/mol. The van der Waals surface area contributed by atoms with Gasteiger partial charge in [-0.05, 0) is 62.0 Å². The van der Waals surface area contributed by atoms with Gasteiger partial charge in [0.15, 0.2) is 16.6 Å². The van der Waals surface area contributed by atoms with E-state index in [2.05, 4.69) is 15.8 Å². The number of benzene rings is 2. The van der Waals surface area contributed by atoms with Crippen LogP contribution in [-0.2, 0) is 6.61 Å². The molecule has 0 heterocycles. The zero-order valence-electron chi connectivity index (χ0n) is 15.1. The summed E-state index contributed by atoms with van der Waals surface area (Å²) >= 11 is 11.1. The van der Waals surface area contributed by atoms with Crippen LogP contribution in [0.2, 0.25) is 5.02 Å². The third-order valence-electron chi connectivity index (χ3n) is 3.42. The van der Waals surface area contributed by atoms with Gasteiger partial charge < -0.3 is 14.8 Å². The van der Waals surface area contributed by atoms with Gasteiger partial charge in [-0.25, -0.2) is 4.39 Å². The number of nitrogens with one attached hydrogen (secondary N) is 2. The lowest BCUT2D eigenvalue weighted by Gasteiger charge is -2.13. The minimum atomic E-state index is -0.410. The number of ether oxygens (including phenoxy) is 2. The largest absolute Gasteiger partial charge is 0.490 e. The Balaban J connectivity index is 2.10. The summed E-state index contributed by atoms with van der Waals surface area (Å²) < 4.78 is 25.2. The highest BCUT2D eigenvalue weighted by Gasteiger charge is 2.11. The molecule has 144 valence electrons. The van der Waals surface area contributed by atoms with Gasteiger partial charge in [-0.15, -0.1) is 0 Å². The molecule has 0 fully saturated rings. The van der Waals surface area contributed by atoms with Crippen LogP contribution in [0.1, 0.15) is 25.0 Å². The summed E-state index contributed by atoms with van der Waals surface area (Å²) in [6, 6.07) is 9.85. The van der Waals surface area contributed by atoms with Crippen molar-refractivity contribution >= 4 is 35.1 Å². The lowest BCUT2D eigenvalue weighted by molar-refractivity contribution is 0.266. The second-order valence-electron chi connectivity index (χ2n) is 5.36. The maximum atomic E-state index is 13.9. The van der Waals surface area contributed by atoms with Gasteiger partial charge in [-0.3, -0.25) is 5.43 Å². The molecule has 8 heteroatoms. The Morgan fingerprint density at radius 2 is 2.04 bits per heavy atom. The number of hydrogen-bond donors (Lipinski definition) is 2. The molecule has 27 heavy (non-hydrogen) atoms. The highest BCUT2D eigenvalue weighted by atomic mass is 35.5. The highest BCUT2D eigenvalue weighted by molar-refractivity contribution is 7.80. The fraction of sp³-hybridized carbons (Fsp3) is 0.263. The van der Waals surface area contributed by atoms with Crippen LogP contribution in [0.4, 0.5) is 4.39 Å². The normalized spacial score (nSPS) is 10.7. The molecule has 0 aliphatic heterocycles. The standard InChI is InChI=1S/C19H21ClFN3O2S/c1-3-22-19(27)24-23-11-13-8-9-17(18(10-13)25-4-2)26-12-14-15(20)6-5-7-16(14)21/h5-11H,3-4,12H2,1-2H3,(H2,22,24,27)/b23-11-. The van der Waals surface area contributed by atoms with E-state index in [0.717, 1.165) is 5.56 Å². The Morgan fingerprint density at radius 1 is 1.22 bits per heavy atom. The molecule has 5 nitrogen and oxygen atoms in total. The first kappa shape index (κ1) is 20.9. The van der Waals surface area contributed by atoms with E-state index in [-0.39, 0.29) is 6.61 Å². The summed E-state index contributed by atoms with van der Waals surface area (Å²) in [5.74, 6) is 0.611. The molecule has 0 atom stereocenters. The third-order valence-corrected chi connectivity index (χ3v) is 4.01. The molecular formula is C19H21ClFN3O2S. The SMILES string of the molecule is CCNC(=S)N/N=C\c1ccc(OCc2c(F)cccc2Cl)c(OCC)c1. The monoisotopic (exact) mass is 409 g/mol. The fourth-order valence-electron chi connectivity index (χ4n) is 2.18. The van der Waals surface area contributed by atoms with Crippen molar-refractivity contribution in [3.05, 3.63) is 58.4 Å². The summed E-state index contributed by atoms with van der Waals surface area (Å²) in [7, 11) is 0. The second kappa shape index (κ2) is 10.7. The van der Waals surface area contributed by atoms with E-state index in [1.807, 2.05) is 19.9 Å². The molecule has 0 saturated carbocycles. The Hall–Kier alpha value is -2.38. The average molecular weight is 410 g/mol. The Morgan fingerprint density at radius 3 is 2.74 bits per heavy atom. The van der Waals surface area contributed by atoms with E-state index < -0.39 is 5.82 Å². The van der Waals surface area contributed by atoms with Gasteiger partial charge in [0.1, 0.15) is 12.4 Å². The van der Waals surface area contributed by atoms with Gasteiger partial charge in [0, 0.05) is 12.1 Å².